The normalized spacial score (nSPS) is 18.4. The van der Waals surface area contributed by atoms with E-state index in [0.717, 1.165) is 41.6 Å². The molecule has 8 heteroatoms. The van der Waals surface area contributed by atoms with Crippen LogP contribution in [0.5, 0.6) is 0 Å². The van der Waals surface area contributed by atoms with E-state index in [9.17, 15) is 10.1 Å². The van der Waals surface area contributed by atoms with E-state index in [1.165, 1.54) is 12.1 Å². The number of nitrogens with one attached hydrogen (secondary N) is 1. The third-order valence-corrected chi connectivity index (χ3v) is 5.72. The summed E-state index contributed by atoms with van der Waals surface area (Å²) in [6, 6.07) is 16.4. The molecule has 154 valence electrons. The van der Waals surface area contributed by atoms with Gasteiger partial charge in [0.2, 0.25) is 0 Å². The van der Waals surface area contributed by atoms with Crippen LogP contribution in [-0.2, 0) is 0 Å². The van der Waals surface area contributed by atoms with Crippen molar-refractivity contribution in [1.29, 1.82) is 0 Å². The lowest BCUT2D eigenvalue weighted by molar-refractivity contribution is -0.384. The lowest BCUT2D eigenvalue weighted by Gasteiger charge is -2.29. The van der Waals surface area contributed by atoms with E-state index in [4.69, 9.17) is 12.2 Å². The average Bonchev–Trinajstić information content (AvgIpc) is 3.37. The molecule has 3 aromatic rings. The summed E-state index contributed by atoms with van der Waals surface area (Å²) in [6.45, 7) is 3.01. The Morgan fingerprint density at radius 1 is 1.17 bits per heavy atom. The van der Waals surface area contributed by atoms with Gasteiger partial charge < -0.3 is 14.8 Å². The van der Waals surface area contributed by atoms with Crippen molar-refractivity contribution in [3.63, 3.8) is 0 Å². The van der Waals surface area contributed by atoms with Crippen molar-refractivity contribution in [2.45, 2.75) is 31.8 Å². The van der Waals surface area contributed by atoms with Crippen LogP contribution in [0, 0.1) is 10.1 Å². The Balaban J connectivity index is 1.76. The van der Waals surface area contributed by atoms with Gasteiger partial charge in [-0.25, -0.2) is 0 Å². The quantitative estimate of drug-likeness (QED) is 0.343. The van der Waals surface area contributed by atoms with Gasteiger partial charge in [-0.05, 0) is 55.0 Å². The van der Waals surface area contributed by atoms with Crippen molar-refractivity contribution in [2.75, 3.05) is 6.54 Å². The smallest absolute Gasteiger partial charge is 0.269 e. The number of aromatic nitrogens is 2. The van der Waals surface area contributed by atoms with Crippen molar-refractivity contribution >= 4 is 23.0 Å². The molecule has 7 nitrogen and oxygen atoms in total. The molecule has 0 spiro atoms. The third-order valence-electron chi connectivity index (χ3n) is 5.37. The molecule has 1 aliphatic heterocycles. The fourth-order valence-corrected chi connectivity index (χ4v) is 4.23. The summed E-state index contributed by atoms with van der Waals surface area (Å²) in [5.74, 6) is 0. The standard InChI is InChI=1S/C22H23N5O2S/c1-2-3-14-26-21(20(24-22(26)30)18-7-4-5-13-23-18)19-8-6-15-25(19)16-9-11-17(12-10-16)27(28)29/h4-13,15,20-21H,2-3,14H2,1H3,(H,24,30)/t20-,21+/m1/s1. The second-order valence-corrected chi connectivity index (χ2v) is 7.64. The summed E-state index contributed by atoms with van der Waals surface area (Å²) < 4.78 is 2.07. The molecule has 1 saturated heterocycles. The lowest BCUT2D eigenvalue weighted by Crippen LogP contribution is -2.31. The maximum atomic E-state index is 11.0. The summed E-state index contributed by atoms with van der Waals surface area (Å²) in [5, 5.41) is 15.2. The molecule has 0 saturated carbocycles. The highest BCUT2D eigenvalue weighted by atomic mass is 32.1. The lowest BCUT2D eigenvalue weighted by atomic mass is 10.0. The number of pyridine rings is 1. The highest BCUT2D eigenvalue weighted by Crippen LogP contribution is 2.39. The van der Waals surface area contributed by atoms with Gasteiger partial charge in [0.25, 0.3) is 5.69 Å². The minimum Gasteiger partial charge on any atom is -0.352 e. The number of nitrogens with zero attached hydrogens (tertiary/aromatic N) is 4. The Kier molecular flexibility index (Phi) is 5.76. The van der Waals surface area contributed by atoms with Gasteiger partial charge in [-0.3, -0.25) is 15.1 Å². The van der Waals surface area contributed by atoms with E-state index in [0.29, 0.717) is 0 Å². The Labute approximate surface area is 180 Å². The maximum absolute atomic E-state index is 11.0. The summed E-state index contributed by atoms with van der Waals surface area (Å²) in [4.78, 5) is 17.4. The predicted octanol–water partition coefficient (Wildman–Crippen LogP) is 4.55. The first-order valence-corrected chi connectivity index (χ1v) is 10.4. The van der Waals surface area contributed by atoms with Crippen LogP contribution in [0.3, 0.4) is 0 Å². The van der Waals surface area contributed by atoms with Gasteiger partial charge in [0.1, 0.15) is 0 Å². The second-order valence-electron chi connectivity index (χ2n) is 7.25. The van der Waals surface area contributed by atoms with Crippen molar-refractivity contribution in [2.24, 2.45) is 0 Å². The highest BCUT2D eigenvalue weighted by Gasteiger charge is 2.40. The first kappa shape index (κ1) is 20.0. The van der Waals surface area contributed by atoms with E-state index < -0.39 is 0 Å². The molecule has 30 heavy (non-hydrogen) atoms. The van der Waals surface area contributed by atoms with Crippen LogP contribution in [0.4, 0.5) is 5.69 Å². The molecule has 0 amide bonds. The number of benzene rings is 1. The molecule has 0 unspecified atom stereocenters. The fourth-order valence-electron chi connectivity index (χ4n) is 3.90. The van der Waals surface area contributed by atoms with Gasteiger partial charge in [0, 0.05) is 42.5 Å². The van der Waals surface area contributed by atoms with Gasteiger partial charge in [-0.1, -0.05) is 19.4 Å². The Morgan fingerprint density at radius 3 is 2.63 bits per heavy atom. The number of nitro benzene ring substituents is 1. The number of hydrogen-bond donors (Lipinski definition) is 1. The molecule has 4 rings (SSSR count). The van der Waals surface area contributed by atoms with Crippen LogP contribution < -0.4 is 5.32 Å². The number of nitro groups is 1. The molecule has 3 heterocycles. The van der Waals surface area contributed by atoms with Crippen molar-refractivity contribution in [1.82, 2.24) is 19.8 Å². The zero-order valence-electron chi connectivity index (χ0n) is 16.6. The zero-order valence-corrected chi connectivity index (χ0v) is 17.5. The van der Waals surface area contributed by atoms with Crippen LogP contribution in [0.1, 0.15) is 43.2 Å². The van der Waals surface area contributed by atoms with E-state index in [1.54, 1.807) is 18.3 Å². The molecule has 0 bridgehead atoms. The zero-order chi connectivity index (χ0) is 21.1. The first-order chi connectivity index (χ1) is 14.6. The number of unbranched alkanes of at least 4 members (excludes halogenated alkanes) is 1. The molecular formula is C22H23N5O2S. The topological polar surface area (TPSA) is 76.2 Å². The van der Waals surface area contributed by atoms with Crippen molar-refractivity contribution in [3.05, 3.63) is 88.5 Å². The fraction of sp³-hybridized carbons (Fsp3) is 0.273. The van der Waals surface area contributed by atoms with Crippen molar-refractivity contribution < 1.29 is 4.92 Å². The van der Waals surface area contributed by atoms with E-state index >= 15 is 0 Å². The molecular weight excluding hydrogens is 398 g/mol. The molecule has 1 fully saturated rings. The van der Waals surface area contributed by atoms with Gasteiger partial charge in [0.05, 0.1) is 22.7 Å². The summed E-state index contributed by atoms with van der Waals surface area (Å²) >= 11 is 5.69. The van der Waals surface area contributed by atoms with Crippen LogP contribution in [0.15, 0.2) is 67.0 Å². The molecule has 1 N–H and O–H groups in total. The first-order valence-electron chi connectivity index (χ1n) is 10.00. The number of thiocarbonyl (C=S) groups is 1. The predicted molar refractivity (Wildman–Crippen MR) is 119 cm³/mol. The van der Waals surface area contributed by atoms with Gasteiger partial charge >= 0.3 is 0 Å². The largest absolute Gasteiger partial charge is 0.352 e. The van der Waals surface area contributed by atoms with E-state index in [2.05, 4.69) is 32.8 Å². The van der Waals surface area contributed by atoms with Gasteiger partial charge in [-0.15, -0.1) is 0 Å². The molecule has 1 aliphatic rings. The van der Waals surface area contributed by atoms with Gasteiger partial charge in [-0.2, -0.15) is 0 Å². The van der Waals surface area contributed by atoms with E-state index in [1.807, 2.05) is 30.5 Å². The van der Waals surface area contributed by atoms with Crippen molar-refractivity contribution in [3.8, 4) is 5.69 Å². The maximum Gasteiger partial charge on any atom is 0.269 e. The number of hydrogen-bond acceptors (Lipinski definition) is 4. The highest BCUT2D eigenvalue weighted by molar-refractivity contribution is 7.80. The molecule has 0 radical (unpaired) electrons. The average molecular weight is 422 g/mol. The molecule has 0 aliphatic carbocycles. The van der Waals surface area contributed by atoms with E-state index in [-0.39, 0.29) is 22.7 Å². The summed E-state index contributed by atoms with van der Waals surface area (Å²) in [6.07, 6.45) is 5.88. The Hall–Kier alpha value is -3.26. The van der Waals surface area contributed by atoms with Crippen LogP contribution in [0.2, 0.25) is 0 Å². The minimum absolute atomic E-state index is 0.0378. The summed E-state index contributed by atoms with van der Waals surface area (Å²) in [7, 11) is 0. The Morgan fingerprint density at radius 2 is 1.97 bits per heavy atom. The number of non-ortho nitro benzene ring substituents is 1. The van der Waals surface area contributed by atoms with Crippen LogP contribution in [-0.4, -0.2) is 31.0 Å². The monoisotopic (exact) mass is 421 g/mol. The number of rotatable bonds is 7. The minimum atomic E-state index is -0.386. The second kappa shape index (κ2) is 8.62. The van der Waals surface area contributed by atoms with Crippen LogP contribution in [0.25, 0.3) is 5.69 Å². The van der Waals surface area contributed by atoms with Crippen LogP contribution >= 0.6 is 12.2 Å². The SMILES string of the molecule is CCCCN1C(=S)N[C@H](c2ccccn2)[C@@H]1c1cccn1-c1ccc([N+](=O)[O-])cc1. The third kappa shape index (κ3) is 3.78. The molecule has 2 aromatic heterocycles. The molecule has 2 atom stereocenters. The molecule has 1 aromatic carbocycles. The van der Waals surface area contributed by atoms with Gasteiger partial charge in [0.15, 0.2) is 5.11 Å². The summed E-state index contributed by atoms with van der Waals surface area (Å²) in [5.41, 5.74) is 2.93. The Bertz CT molecular complexity index is 1040.